The van der Waals surface area contributed by atoms with Gasteiger partial charge in [0, 0.05) is 0 Å². The molecule has 3 aromatic heterocycles. The van der Waals surface area contributed by atoms with Crippen molar-refractivity contribution in [3.63, 3.8) is 0 Å². The Morgan fingerprint density at radius 3 is 2.03 bits per heavy atom. The van der Waals surface area contributed by atoms with Crippen LogP contribution in [-0.2, 0) is 5.66 Å². The molecule has 4 aromatic rings. The molecule has 1 aliphatic heterocycles. The van der Waals surface area contributed by atoms with Crippen LogP contribution < -0.4 is 28.2 Å². The highest BCUT2D eigenvalue weighted by molar-refractivity contribution is 6.16. The monoisotopic (exact) mass is 436 g/mol. The largest absolute Gasteiger partial charge is 0.494 e. The normalized spacial score (nSPS) is 17.3. The summed E-state index contributed by atoms with van der Waals surface area (Å²) in [5, 5.41) is 20.5. The van der Waals surface area contributed by atoms with Crippen molar-refractivity contribution in [1.82, 2.24) is 29.9 Å². The predicted molar refractivity (Wildman–Crippen MR) is 109 cm³/mol. The molecule has 160 valence electrons. The van der Waals surface area contributed by atoms with E-state index in [2.05, 4.69) is 15.0 Å². The molecule has 32 heavy (non-hydrogen) atoms. The third kappa shape index (κ3) is 2.60. The zero-order chi connectivity index (χ0) is 22.8. The first-order valence-corrected chi connectivity index (χ1v) is 8.97. The van der Waals surface area contributed by atoms with Gasteiger partial charge < -0.3 is 10.2 Å². The predicted octanol–water partition coefficient (Wildman–Crippen LogP) is -2.20. The number of nitrogens with two attached hydrogens (primary N) is 1. The van der Waals surface area contributed by atoms with Crippen LogP contribution in [0.2, 0.25) is 0 Å². The first kappa shape index (κ1) is 19.1. The van der Waals surface area contributed by atoms with E-state index in [-0.39, 0.29) is 17.1 Å². The van der Waals surface area contributed by atoms with Gasteiger partial charge in [-0.3, -0.25) is 35.3 Å². The van der Waals surface area contributed by atoms with Gasteiger partial charge in [-0.15, -0.1) is 0 Å². The van der Waals surface area contributed by atoms with Crippen LogP contribution in [0.25, 0.3) is 11.0 Å². The fourth-order valence-corrected chi connectivity index (χ4v) is 3.58. The van der Waals surface area contributed by atoms with Gasteiger partial charge in [0.1, 0.15) is 28.2 Å². The molecule has 0 spiro atoms. The summed E-state index contributed by atoms with van der Waals surface area (Å²) in [6, 6.07) is 6.61. The summed E-state index contributed by atoms with van der Waals surface area (Å²) in [6.07, 6.45) is 0. The molecule has 8 N–H and O–H groups in total. The molecule has 0 bridgehead atoms. The van der Waals surface area contributed by atoms with E-state index in [0.29, 0.717) is 11.0 Å². The van der Waals surface area contributed by atoms with Crippen molar-refractivity contribution >= 4 is 16.7 Å². The number of fused-ring (bicyclic) bond motifs is 2. The minimum atomic E-state index is -2.21. The van der Waals surface area contributed by atoms with Gasteiger partial charge >= 0.3 is 11.4 Å². The SMILES string of the molecule is NC1(c2c(O)[nH]c(=O)[nH]c2=O)N=C(c2c(O)[nH]c(=O)[nH]c2=O)c2nc3ccccc3nc21. The highest BCUT2D eigenvalue weighted by atomic mass is 16.3. The lowest BCUT2D eigenvalue weighted by atomic mass is 9.98. The van der Waals surface area contributed by atoms with Gasteiger partial charge in [0.05, 0.1) is 11.0 Å². The summed E-state index contributed by atoms with van der Waals surface area (Å²) in [4.78, 5) is 69.1. The molecule has 1 atom stereocenters. The molecule has 1 unspecified atom stereocenters. The Morgan fingerprint density at radius 1 is 0.812 bits per heavy atom. The number of H-pyrrole nitrogens is 4. The van der Waals surface area contributed by atoms with Crippen molar-refractivity contribution in [2.75, 3.05) is 0 Å². The average molecular weight is 436 g/mol. The summed E-state index contributed by atoms with van der Waals surface area (Å²) in [5.74, 6) is -1.69. The fraction of sp³-hybridized carbons (Fsp3) is 0.0556. The first-order chi connectivity index (χ1) is 15.2. The Bertz CT molecular complexity index is 1710. The molecule has 0 aliphatic carbocycles. The fourth-order valence-electron chi connectivity index (χ4n) is 3.58. The minimum Gasteiger partial charge on any atom is -0.494 e. The van der Waals surface area contributed by atoms with Gasteiger partial charge in [-0.25, -0.2) is 24.5 Å². The second kappa shape index (κ2) is 6.32. The number of hydrogen-bond donors (Lipinski definition) is 7. The quantitative estimate of drug-likeness (QED) is 0.180. The van der Waals surface area contributed by atoms with E-state index in [1.807, 2.05) is 19.9 Å². The van der Waals surface area contributed by atoms with Crippen LogP contribution in [0.4, 0.5) is 0 Å². The number of rotatable bonds is 2. The Balaban J connectivity index is 1.93. The highest BCUT2D eigenvalue weighted by Gasteiger charge is 2.46. The van der Waals surface area contributed by atoms with Gasteiger partial charge in [-0.1, -0.05) is 12.1 Å². The van der Waals surface area contributed by atoms with Gasteiger partial charge in [0.2, 0.25) is 11.8 Å². The van der Waals surface area contributed by atoms with Crippen molar-refractivity contribution in [2.45, 2.75) is 5.66 Å². The summed E-state index contributed by atoms with van der Waals surface area (Å²) < 4.78 is 0. The lowest BCUT2D eigenvalue weighted by molar-refractivity contribution is 0.416. The molecule has 0 fully saturated rings. The van der Waals surface area contributed by atoms with Crippen LogP contribution in [0.5, 0.6) is 11.8 Å². The molecule has 14 nitrogen and oxygen atoms in total. The van der Waals surface area contributed by atoms with E-state index in [9.17, 15) is 29.4 Å². The lowest BCUT2D eigenvalue weighted by Gasteiger charge is -2.21. The van der Waals surface area contributed by atoms with Crippen LogP contribution >= 0.6 is 0 Å². The van der Waals surface area contributed by atoms with Crippen molar-refractivity contribution in [1.29, 1.82) is 0 Å². The molecule has 0 saturated carbocycles. The smallest absolute Gasteiger partial charge is 0.328 e. The van der Waals surface area contributed by atoms with Crippen LogP contribution in [0.1, 0.15) is 22.5 Å². The van der Waals surface area contributed by atoms with Crippen molar-refractivity contribution in [2.24, 2.45) is 10.7 Å². The number of aromatic hydroxyl groups is 2. The minimum absolute atomic E-state index is 0.0796. The Labute approximate surface area is 174 Å². The average Bonchev–Trinajstić information content (AvgIpc) is 2.97. The third-order valence-corrected chi connectivity index (χ3v) is 4.91. The molecule has 1 aromatic carbocycles. The zero-order valence-corrected chi connectivity index (χ0v) is 15.8. The number of para-hydroxylation sites is 2. The molecule has 4 heterocycles. The van der Waals surface area contributed by atoms with E-state index in [4.69, 9.17) is 5.73 Å². The number of aromatic amines is 4. The molecule has 0 amide bonds. The van der Waals surface area contributed by atoms with Gasteiger partial charge in [-0.05, 0) is 12.1 Å². The van der Waals surface area contributed by atoms with Crippen molar-refractivity contribution < 1.29 is 10.2 Å². The van der Waals surface area contributed by atoms with E-state index >= 15 is 0 Å². The Hall–Kier alpha value is -4.85. The summed E-state index contributed by atoms with van der Waals surface area (Å²) >= 11 is 0. The summed E-state index contributed by atoms with van der Waals surface area (Å²) in [5.41, 5.74) is -0.609. The lowest BCUT2D eigenvalue weighted by Crippen LogP contribution is -2.42. The molecule has 14 heteroatoms. The first-order valence-electron chi connectivity index (χ1n) is 8.97. The van der Waals surface area contributed by atoms with Crippen LogP contribution in [0.3, 0.4) is 0 Å². The maximum atomic E-state index is 12.6. The maximum Gasteiger partial charge on any atom is 0.328 e. The topological polar surface area (TPSA) is 236 Å². The van der Waals surface area contributed by atoms with Gasteiger partial charge in [0.15, 0.2) is 5.66 Å². The third-order valence-electron chi connectivity index (χ3n) is 4.91. The Kier molecular flexibility index (Phi) is 3.78. The molecule has 0 saturated heterocycles. The number of nitrogens with one attached hydrogen (secondary N) is 4. The van der Waals surface area contributed by atoms with Crippen molar-refractivity contribution in [3.8, 4) is 11.8 Å². The number of aromatic nitrogens is 6. The highest BCUT2D eigenvalue weighted by Crippen LogP contribution is 2.38. The number of hydrogen-bond acceptors (Lipinski definition) is 10. The second-order valence-corrected chi connectivity index (χ2v) is 6.90. The Morgan fingerprint density at radius 2 is 1.41 bits per heavy atom. The number of nitrogens with zero attached hydrogens (tertiary/aromatic N) is 3. The van der Waals surface area contributed by atoms with Gasteiger partial charge in [0.25, 0.3) is 11.1 Å². The van der Waals surface area contributed by atoms with Crippen LogP contribution in [0, 0.1) is 0 Å². The second-order valence-electron chi connectivity index (χ2n) is 6.90. The standard InChI is InChI=1S/C18H12N8O6/c19-18(8-14(29)24-17(32)25-15(8)30)11-10(20-5-3-1-2-4-6(5)21-11)9(26-18)7-12(27)22-16(31)23-13(7)28/h1-4H,19H2,(H3,22,23,27,28,31)(H3,24,25,29,30,32). The summed E-state index contributed by atoms with van der Waals surface area (Å²) in [6.45, 7) is 0. The number of benzene rings is 1. The molecular formula is C18H12N8O6. The van der Waals surface area contributed by atoms with Crippen LogP contribution in [-0.4, -0.2) is 45.8 Å². The van der Waals surface area contributed by atoms with Crippen molar-refractivity contribution in [3.05, 3.63) is 88.5 Å². The van der Waals surface area contributed by atoms with E-state index in [1.54, 1.807) is 24.3 Å². The maximum absolute atomic E-state index is 12.6. The van der Waals surface area contributed by atoms with Crippen LogP contribution in [0.15, 0.2) is 48.4 Å². The zero-order valence-electron chi connectivity index (χ0n) is 15.8. The number of aliphatic imine (C=N–C) groups is 1. The molecule has 1 aliphatic rings. The van der Waals surface area contributed by atoms with E-state index in [1.165, 1.54) is 0 Å². The molecule has 0 radical (unpaired) electrons. The molecule has 5 rings (SSSR count). The summed E-state index contributed by atoms with van der Waals surface area (Å²) in [7, 11) is 0. The van der Waals surface area contributed by atoms with E-state index < -0.39 is 51.0 Å². The van der Waals surface area contributed by atoms with E-state index in [0.717, 1.165) is 0 Å². The van der Waals surface area contributed by atoms with Gasteiger partial charge in [-0.2, -0.15) is 0 Å². The molecular weight excluding hydrogens is 424 g/mol.